The summed E-state index contributed by atoms with van der Waals surface area (Å²) < 4.78 is 0. The first-order valence-electron chi connectivity index (χ1n) is 5.65. The standard InChI is InChI=1S/C11H22N2O3/c1-5-11(6-2,10(15)16)13-9(14)7-12-8(3)4/h8,12H,5-7H2,1-4H3,(H,13,14)(H,15,16). The molecule has 0 bridgehead atoms. The lowest BCUT2D eigenvalue weighted by atomic mass is 9.93. The maximum absolute atomic E-state index is 11.5. The van der Waals surface area contributed by atoms with Crippen molar-refractivity contribution in [3.05, 3.63) is 0 Å². The zero-order chi connectivity index (χ0) is 12.8. The predicted molar refractivity (Wildman–Crippen MR) is 62.2 cm³/mol. The third-order valence-electron chi connectivity index (χ3n) is 2.67. The van der Waals surface area contributed by atoms with Gasteiger partial charge >= 0.3 is 5.97 Å². The first-order chi connectivity index (χ1) is 7.38. The van der Waals surface area contributed by atoms with E-state index in [0.717, 1.165) is 0 Å². The summed E-state index contributed by atoms with van der Waals surface area (Å²) >= 11 is 0. The topological polar surface area (TPSA) is 78.4 Å². The molecule has 0 aliphatic rings. The van der Waals surface area contributed by atoms with Crippen LogP contribution in [0.15, 0.2) is 0 Å². The van der Waals surface area contributed by atoms with Crippen LogP contribution in [0.3, 0.4) is 0 Å². The van der Waals surface area contributed by atoms with Crippen molar-refractivity contribution in [2.45, 2.75) is 52.1 Å². The summed E-state index contributed by atoms with van der Waals surface area (Å²) in [7, 11) is 0. The van der Waals surface area contributed by atoms with E-state index in [4.69, 9.17) is 5.11 Å². The molecule has 5 heteroatoms. The van der Waals surface area contributed by atoms with Gasteiger partial charge in [-0.3, -0.25) is 4.79 Å². The number of hydrogen-bond donors (Lipinski definition) is 3. The monoisotopic (exact) mass is 230 g/mol. The van der Waals surface area contributed by atoms with Crippen molar-refractivity contribution in [2.24, 2.45) is 0 Å². The summed E-state index contributed by atoms with van der Waals surface area (Å²) in [4.78, 5) is 22.7. The van der Waals surface area contributed by atoms with Crippen LogP contribution < -0.4 is 10.6 Å². The SMILES string of the molecule is CCC(CC)(NC(=O)CNC(C)C)C(=O)O. The van der Waals surface area contributed by atoms with Crippen molar-refractivity contribution in [1.82, 2.24) is 10.6 Å². The molecule has 0 unspecified atom stereocenters. The van der Waals surface area contributed by atoms with Crippen LogP contribution >= 0.6 is 0 Å². The van der Waals surface area contributed by atoms with E-state index >= 15 is 0 Å². The molecule has 1 amide bonds. The minimum atomic E-state index is -1.13. The molecular formula is C11H22N2O3. The van der Waals surface area contributed by atoms with Crippen molar-refractivity contribution in [3.63, 3.8) is 0 Å². The number of carbonyl (C=O) groups is 2. The highest BCUT2D eigenvalue weighted by atomic mass is 16.4. The minimum absolute atomic E-state index is 0.146. The molecule has 0 aliphatic heterocycles. The quantitative estimate of drug-likeness (QED) is 0.603. The van der Waals surface area contributed by atoms with Gasteiger partial charge in [-0.05, 0) is 12.8 Å². The Bertz CT molecular complexity index is 248. The largest absolute Gasteiger partial charge is 0.480 e. The molecule has 94 valence electrons. The zero-order valence-corrected chi connectivity index (χ0v) is 10.5. The van der Waals surface area contributed by atoms with Crippen LogP contribution in [0.2, 0.25) is 0 Å². The van der Waals surface area contributed by atoms with E-state index in [9.17, 15) is 9.59 Å². The van der Waals surface area contributed by atoms with Gasteiger partial charge in [-0.15, -0.1) is 0 Å². The summed E-state index contributed by atoms with van der Waals surface area (Å²) in [5, 5.41) is 14.6. The van der Waals surface area contributed by atoms with E-state index in [2.05, 4.69) is 10.6 Å². The highest BCUT2D eigenvalue weighted by molar-refractivity contribution is 5.87. The van der Waals surface area contributed by atoms with E-state index in [1.807, 2.05) is 13.8 Å². The minimum Gasteiger partial charge on any atom is -0.480 e. The molecule has 0 saturated carbocycles. The average Bonchev–Trinajstić information content (AvgIpc) is 2.22. The van der Waals surface area contributed by atoms with E-state index in [0.29, 0.717) is 12.8 Å². The molecule has 3 N–H and O–H groups in total. The number of hydrogen-bond acceptors (Lipinski definition) is 3. The smallest absolute Gasteiger partial charge is 0.329 e. The van der Waals surface area contributed by atoms with Gasteiger partial charge in [-0.25, -0.2) is 4.79 Å². The number of aliphatic carboxylic acids is 1. The fourth-order valence-electron chi connectivity index (χ4n) is 1.39. The van der Waals surface area contributed by atoms with E-state index in [1.165, 1.54) is 0 Å². The summed E-state index contributed by atoms with van der Waals surface area (Å²) in [5.41, 5.74) is -1.13. The summed E-state index contributed by atoms with van der Waals surface area (Å²) in [6, 6.07) is 0.202. The number of carboxylic acids is 1. The van der Waals surface area contributed by atoms with Gasteiger partial charge in [0.25, 0.3) is 0 Å². The van der Waals surface area contributed by atoms with Crippen LogP contribution in [0.4, 0.5) is 0 Å². The summed E-state index contributed by atoms with van der Waals surface area (Å²) in [6.07, 6.45) is 0.762. The lowest BCUT2D eigenvalue weighted by Gasteiger charge is -2.28. The van der Waals surface area contributed by atoms with E-state index < -0.39 is 11.5 Å². The molecule has 5 nitrogen and oxygen atoms in total. The second kappa shape index (κ2) is 6.48. The fraction of sp³-hybridized carbons (Fsp3) is 0.818. The molecule has 0 heterocycles. The van der Waals surface area contributed by atoms with Gasteiger partial charge < -0.3 is 15.7 Å². The van der Waals surface area contributed by atoms with Crippen molar-refractivity contribution >= 4 is 11.9 Å². The molecule has 0 aromatic carbocycles. The van der Waals surface area contributed by atoms with Gasteiger partial charge in [-0.2, -0.15) is 0 Å². The van der Waals surface area contributed by atoms with Gasteiger partial charge in [-0.1, -0.05) is 27.7 Å². The Morgan fingerprint density at radius 1 is 1.25 bits per heavy atom. The molecule has 0 spiro atoms. The Hall–Kier alpha value is -1.10. The molecule has 0 radical (unpaired) electrons. The lowest BCUT2D eigenvalue weighted by Crippen LogP contribution is -2.55. The Morgan fingerprint density at radius 3 is 2.06 bits per heavy atom. The summed E-state index contributed by atoms with van der Waals surface area (Å²) in [6.45, 7) is 7.52. The Labute approximate surface area is 96.6 Å². The van der Waals surface area contributed by atoms with Crippen molar-refractivity contribution < 1.29 is 14.7 Å². The van der Waals surface area contributed by atoms with Crippen LogP contribution in [0, 0.1) is 0 Å². The van der Waals surface area contributed by atoms with Gasteiger partial charge in [0, 0.05) is 6.04 Å². The highest BCUT2D eigenvalue weighted by Gasteiger charge is 2.36. The van der Waals surface area contributed by atoms with Crippen LogP contribution in [-0.4, -0.2) is 35.1 Å². The predicted octanol–water partition coefficient (Wildman–Crippen LogP) is 0.744. The number of amides is 1. The lowest BCUT2D eigenvalue weighted by molar-refractivity contribution is -0.148. The number of rotatable bonds is 7. The third kappa shape index (κ3) is 4.18. The Morgan fingerprint density at radius 2 is 1.75 bits per heavy atom. The first kappa shape index (κ1) is 14.9. The molecule has 16 heavy (non-hydrogen) atoms. The number of nitrogens with one attached hydrogen (secondary N) is 2. The highest BCUT2D eigenvalue weighted by Crippen LogP contribution is 2.14. The molecule has 0 fully saturated rings. The van der Waals surface area contributed by atoms with Gasteiger partial charge in [0.15, 0.2) is 0 Å². The molecule has 0 rings (SSSR count). The van der Waals surface area contributed by atoms with Gasteiger partial charge in [0.05, 0.1) is 6.54 Å². The Balaban J connectivity index is 4.41. The maximum atomic E-state index is 11.5. The number of carbonyl (C=O) groups excluding carboxylic acids is 1. The van der Waals surface area contributed by atoms with Crippen LogP contribution in [0.25, 0.3) is 0 Å². The second-order valence-corrected chi connectivity index (χ2v) is 4.18. The van der Waals surface area contributed by atoms with Crippen LogP contribution in [-0.2, 0) is 9.59 Å². The first-order valence-corrected chi connectivity index (χ1v) is 5.65. The third-order valence-corrected chi connectivity index (χ3v) is 2.67. The molecular weight excluding hydrogens is 208 g/mol. The van der Waals surface area contributed by atoms with E-state index in [-0.39, 0.29) is 18.5 Å². The summed E-state index contributed by atoms with van der Waals surface area (Å²) in [5.74, 6) is -1.25. The molecule has 0 saturated heterocycles. The average molecular weight is 230 g/mol. The normalized spacial score (nSPS) is 11.6. The zero-order valence-electron chi connectivity index (χ0n) is 10.5. The second-order valence-electron chi connectivity index (χ2n) is 4.18. The maximum Gasteiger partial charge on any atom is 0.329 e. The molecule has 0 atom stereocenters. The fourth-order valence-corrected chi connectivity index (χ4v) is 1.39. The molecule has 0 aromatic rings. The van der Waals surface area contributed by atoms with Gasteiger partial charge in [0.2, 0.25) is 5.91 Å². The molecule has 0 aromatic heterocycles. The van der Waals surface area contributed by atoms with Crippen LogP contribution in [0.5, 0.6) is 0 Å². The van der Waals surface area contributed by atoms with Crippen molar-refractivity contribution in [3.8, 4) is 0 Å². The van der Waals surface area contributed by atoms with Crippen LogP contribution in [0.1, 0.15) is 40.5 Å². The van der Waals surface area contributed by atoms with Crippen molar-refractivity contribution in [1.29, 1.82) is 0 Å². The Kier molecular flexibility index (Phi) is 6.03. The van der Waals surface area contributed by atoms with Crippen molar-refractivity contribution in [2.75, 3.05) is 6.54 Å². The van der Waals surface area contributed by atoms with E-state index in [1.54, 1.807) is 13.8 Å². The molecule has 0 aliphatic carbocycles. The number of carboxylic acid groups (broad SMARTS) is 1. The van der Waals surface area contributed by atoms with Gasteiger partial charge in [0.1, 0.15) is 5.54 Å².